The summed E-state index contributed by atoms with van der Waals surface area (Å²) in [7, 11) is 3.22. The molecule has 1 unspecified atom stereocenters. The Morgan fingerprint density at radius 3 is 2.54 bits per heavy atom. The van der Waals surface area contributed by atoms with E-state index in [9.17, 15) is 4.79 Å². The first-order chi connectivity index (χ1) is 12.4. The van der Waals surface area contributed by atoms with Crippen LogP contribution in [0, 0.1) is 19.8 Å². The number of carbonyl (C=O) groups excluding carboxylic acids is 1. The molecule has 0 bridgehead atoms. The Bertz CT molecular complexity index is 740. The molecule has 1 aromatic heterocycles. The first-order valence-corrected chi connectivity index (χ1v) is 8.91. The average molecular weight is 359 g/mol. The molecule has 2 aromatic rings. The van der Waals surface area contributed by atoms with E-state index in [-0.39, 0.29) is 5.91 Å². The standard InChI is InChI=1S/C20H29N3O3/c1-14(13-23-16(3)10-15(2)22-23)12-21-20(24)9-7-17-6-8-18(25-4)19(11-17)26-5/h6,8,10-11,14H,7,9,12-13H2,1-5H3,(H,21,24). The lowest BCUT2D eigenvalue weighted by atomic mass is 10.1. The summed E-state index contributed by atoms with van der Waals surface area (Å²) in [4.78, 5) is 12.1. The maximum absolute atomic E-state index is 12.1. The maximum atomic E-state index is 12.1. The van der Waals surface area contributed by atoms with Crippen LogP contribution < -0.4 is 14.8 Å². The van der Waals surface area contributed by atoms with Gasteiger partial charge in [-0.05, 0) is 49.9 Å². The Morgan fingerprint density at radius 2 is 1.92 bits per heavy atom. The van der Waals surface area contributed by atoms with E-state index in [0.29, 0.717) is 36.8 Å². The zero-order valence-electron chi connectivity index (χ0n) is 16.3. The first kappa shape index (κ1) is 19.8. The van der Waals surface area contributed by atoms with Gasteiger partial charge in [0.2, 0.25) is 5.91 Å². The molecular formula is C20H29N3O3. The predicted octanol–water partition coefficient (Wildman–Crippen LogP) is 2.90. The van der Waals surface area contributed by atoms with Gasteiger partial charge in [0.25, 0.3) is 0 Å². The van der Waals surface area contributed by atoms with Crippen molar-refractivity contribution in [1.29, 1.82) is 0 Å². The molecular weight excluding hydrogens is 330 g/mol. The van der Waals surface area contributed by atoms with E-state index < -0.39 is 0 Å². The van der Waals surface area contributed by atoms with E-state index in [1.54, 1.807) is 14.2 Å². The smallest absolute Gasteiger partial charge is 0.220 e. The Balaban J connectivity index is 1.77. The number of rotatable bonds is 9. The van der Waals surface area contributed by atoms with Gasteiger partial charge in [0, 0.05) is 25.2 Å². The number of benzene rings is 1. The molecule has 0 aliphatic heterocycles. The van der Waals surface area contributed by atoms with Crippen molar-refractivity contribution in [2.24, 2.45) is 5.92 Å². The fraction of sp³-hybridized carbons (Fsp3) is 0.500. The van der Waals surface area contributed by atoms with Gasteiger partial charge in [0.1, 0.15) is 0 Å². The lowest BCUT2D eigenvalue weighted by Gasteiger charge is -2.14. The number of methoxy groups -OCH3 is 2. The lowest BCUT2D eigenvalue weighted by Crippen LogP contribution is -2.30. The van der Waals surface area contributed by atoms with E-state index in [4.69, 9.17) is 9.47 Å². The summed E-state index contributed by atoms with van der Waals surface area (Å²) < 4.78 is 12.5. The van der Waals surface area contributed by atoms with Crippen LogP contribution in [0.1, 0.15) is 30.3 Å². The van der Waals surface area contributed by atoms with Crippen LogP contribution in [-0.2, 0) is 17.8 Å². The number of amides is 1. The van der Waals surface area contributed by atoms with Crippen LogP contribution in [0.5, 0.6) is 11.5 Å². The van der Waals surface area contributed by atoms with Gasteiger partial charge in [-0.3, -0.25) is 9.48 Å². The van der Waals surface area contributed by atoms with Crippen molar-refractivity contribution in [3.8, 4) is 11.5 Å². The third kappa shape index (κ3) is 5.51. The van der Waals surface area contributed by atoms with Gasteiger partial charge >= 0.3 is 0 Å². The molecule has 6 heteroatoms. The fourth-order valence-electron chi connectivity index (χ4n) is 2.89. The zero-order chi connectivity index (χ0) is 19.1. The number of hydrogen-bond donors (Lipinski definition) is 1. The highest BCUT2D eigenvalue weighted by molar-refractivity contribution is 5.76. The van der Waals surface area contributed by atoms with E-state index in [0.717, 1.165) is 23.5 Å². The second-order valence-electron chi connectivity index (χ2n) is 6.71. The molecule has 1 atom stereocenters. The third-order valence-electron chi connectivity index (χ3n) is 4.32. The molecule has 1 N–H and O–H groups in total. The van der Waals surface area contributed by atoms with Gasteiger partial charge in [0.05, 0.1) is 19.9 Å². The minimum atomic E-state index is 0.0556. The van der Waals surface area contributed by atoms with E-state index in [1.165, 1.54) is 0 Å². The summed E-state index contributed by atoms with van der Waals surface area (Å²) in [6.45, 7) is 7.60. The molecule has 142 valence electrons. The number of ether oxygens (including phenoxy) is 2. The molecule has 0 aliphatic carbocycles. The Morgan fingerprint density at radius 1 is 1.19 bits per heavy atom. The molecule has 0 spiro atoms. The highest BCUT2D eigenvalue weighted by atomic mass is 16.5. The molecule has 0 saturated heterocycles. The van der Waals surface area contributed by atoms with Gasteiger partial charge in [-0.2, -0.15) is 5.10 Å². The molecule has 0 aliphatic rings. The number of nitrogens with one attached hydrogen (secondary N) is 1. The van der Waals surface area contributed by atoms with Crippen molar-refractivity contribution in [2.75, 3.05) is 20.8 Å². The topological polar surface area (TPSA) is 65.4 Å². The van der Waals surface area contributed by atoms with Gasteiger partial charge in [-0.1, -0.05) is 13.0 Å². The molecule has 1 heterocycles. The van der Waals surface area contributed by atoms with Crippen LogP contribution in [0.2, 0.25) is 0 Å². The van der Waals surface area contributed by atoms with E-state index >= 15 is 0 Å². The predicted molar refractivity (Wildman–Crippen MR) is 102 cm³/mol. The minimum absolute atomic E-state index is 0.0556. The summed E-state index contributed by atoms with van der Waals surface area (Å²) in [5, 5.41) is 7.48. The molecule has 1 aromatic carbocycles. The van der Waals surface area contributed by atoms with Gasteiger partial charge in [-0.25, -0.2) is 0 Å². The van der Waals surface area contributed by atoms with Crippen LogP contribution >= 0.6 is 0 Å². The molecule has 0 radical (unpaired) electrons. The van der Waals surface area contributed by atoms with Crippen LogP contribution in [-0.4, -0.2) is 36.5 Å². The molecule has 0 fully saturated rings. The molecule has 6 nitrogen and oxygen atoms in total. The highest BCUT2D eigenvalue weighted by Gasteiger charge is 2.10. The number of aryl methyl sites for hydroxylation is 3. The first-order valence-electron chi connectivity index (χ1n) is 8.91. The number of hydrogen-bond acceptors (Lipinski definition) is 4. The lowest BCUT2D eigenvalue weighted by molar-refractivity contribution is -0.121. The number of carbonyl (C=O) groups is 1. The zero-order valence-corrected chi connectivity index (χ0v) is 16.3. The van der Waals surface area contributed by atoms with Crippen molar-refractivity contribution in [2.45, 2.75) is 40.2 Å². The summed E-state index contributed by atoms with van der Waals surface area (Å²) in [5.74, 6) is 1.75. The van der Waals surface area contributed by atoms with Crippen molar-refractivity contribution in [3.05, 3.63) is 41.2 Å². The van der Waals surface area contributed by atoms with Crippen molar-refractivity contribution in [1.82, 2.24) is 15.1 Å². The highest BCUT2D eigenvalue weighted by Crippen LogP contribution is 2.27. The van der Waals surface area contributed by atoms with Crippen LogP contribution in [0.25, 0.3) is 0 Å². The second-order valence-corrected chi connectivity index (χ2v) is 6.71. The largest absolute Gasteiger partial charge is 0.493 e. The van der Waals surface area contributed by atoms with E-state index in [2.05, 4.69) is 30.3 Å². The Labute approximate surface area is 155 Å². The van der Waals surface area contributed by atoms with Crippen molar-refractivity contribution < 1.29 is 14.3 Å². The minimum Gasteiger partial charge on any atom is -0.493 e. The number of aromatic nitrogens is 2. The molecule has 26 heavy (non-hydrogen) atoms. The van der Waals surface area contributed by atoms with Crippen molar-refractivity contribution in [3.63, 3.8) is 0 Å². The van der Waals surface area contributed by atoms with Crippen LogP contribution in [0.15, 0.2) is 24.3 Å². The summed E-state index contributed by atoms with van der Waals surface area (Å²) >= 11 is 0. The second kappa shape index (κ2) is 9.27. The number of nitrogens with zero attached hydrogens (tertiary/aromatic N) is 2. The van der Waals surface area contributed by atoms with Gasteiger partial charge in [0.15, 0.2) is 11.5 Å². The quantitative estimate of drug-likeness (QED) is 0.748. The van der Waals surface area contributed by atoms with Crippen molar-refractivity contribution >= 4 is 5.91 Å². The summed E-state index contributed by atoms with van der Waals surface area (Å²) in [6.07, 6.45) is 1.11. The molecule has 2 rings (SSSR count). The fourth-order valence-corrected chi connectivity index (χ4v) is 2.89. The molecule has 1 amide bonds. The summed E-state index contributed by atoms with van der Waals surface area (Å²) in [6, 6.07) is 7.80. The Hall–Kier alpha value is -2.50. The summed E-state index contributed by atoms with van der Waals surface area (Å²) in [5.41, 5.74) is 3.22. The normalized spacial score (nSPS) is 11.9. The maximum Gasteiger partial charge on any atom is 0.220 e. The van der Waals surface area contributed by atoms with Gasteiger partial charge in [-0.15, -0.1) is 0 Å². The molecule has 0 saturated carbocycles. The van der Waals surface area contributed by atoms with Crippen LogP contribution in [0.4, 0.5) is 0 Å². The SMILES string of the molecule is COc1ccc(CCC(=O)NCC(C)Cn2nc(C)cc2C)cc1OC. The Kier molecular flexibility index (Phi) is 7.06. The van der Waals surface area contributed by atoms with E-state index in [1.807, 2.05) is 29.8 Å². The van der Waals surface area contributed by atoms with Crippen LogP contribution in [0.3, 0.4) is 0 Å². The van der Waals surface area contributed by atoms with Gasteiger partial charge < -0.3 is 14.8 Å². The average Bonchev–Trinajstić information content (AvgIpc) is 2.94. The monoisotopic (exact) mass is 359 g/mol. The third-order valence-corrected chi connectivity index (χ3v) is 4.32.